The Labute approximate surface area is 199 Å². The number of anilines is 2. The first-order valence-corrected chi connectivity index (χ1v) is 11.9. The van der Waals surface area contributed by atoms with Crippen LogP contribution in [0.4, 0.5) is 15.1 Å². The lowest BCUT2D eigenvalue weighted by molar-refractivity contribution is 0.0757. The van der Waals surface area contributed by atoms with Crippen LogP contribution in [-0.4, -0.2) is 42.4 Å². The molecule has 2 heterocycles. The van der Waals surface area contributed by atoms with Gasteiger partial charge < -0.3 is 21.3 Å². The third-order valence-electron chi connectivity index (χ3n) is 4.98. The summed E-state index contributed by atoms with van der Waals surface area (Å²) in [5, 5.41) is 6.40. The SMILES string of the molecule is CN1CC(C)(C)Cc2c(sc(Nc3ccc(I)cc3F)c2C(=O)NCC(C)(C)N)C1=O. The van der Waals surface area contributed by atoms with Gasteiger partial charge in [0.25, 0.3) is 11.8 Å². The first-order chi connectivity index (χ1) is 14.3. The fraction of sp³-hybridized carbons (Fsp3) is 0.455. The summed E-state index contributed by atoms with van der Waals surface area (Å²) in [5.41, 5.74) is 6.57. The standard InChI is InChI=1S/C22H28FIN4O2S/c1-21(2)9-13-16(18(29)26-10-22(3,4)25)19(31-17(13)20(30)28(5)11-21)27-15-7-6-12(24)8-14(15)23/h6-8,27H,9-11,25H2,1-5H3,(H,26,29). The van der Waals surface area contributed by atoms with Gasteiger partial charge in [-0.2, -0.15) is 0 Å². The Morgan fingerprint density at radius 3 is 2.68 bits per heavy atom. The molecule has 1 aromatic heterocycles. The Morgan fingerprint density at radius 2 is 2.06 bits per heavy atom. The van der Waals surface area contributed by atoms with Gasteiger partial charge >= 0.3 is 0 Å². The summed E-state index contributed by atoms with van der Waals surface area (Å²) < 4.78 is 15.3. The Balaban J connectivity index is 2.11. The summed E-state index contributed by atoms with van der Waals surface area (Å²) in [6.07, 6.45) is 0.556. The number of hydrogen-bond acceptors (Lipinski definition) is 5. The smallest absolute Gasteiger partial charge is 0.264 e. The van der Waals surface area contributed by atoms with Crippen LogP contribution in [0.2, 0.25) is 0 Å². The maximum Gasteiger partial charge on any atom is 0.264 e. The molecule has 1 aliphatic rings. The lowest BCUT2D eigenvalue weighted by Gasteiger charge is -2.27. The minimum atomic E-state index is -0.590. The topological polar surface area (TPSA) is 87.5 Å². The van der Waals surface area contributed by atoms with E-state index in [1.807, 2.05) is 36.4 Å². The van der Waals surface area contributed by atoms with Crippen molar-refractivity contribution in [3.05, 3.63) is 43.6 Å². The van der Waals surface area contributed by atoms with E-state index in [9.17, 15) is 14.0 Å². The second-order valence-electron chi connectivity index (χ2n) is 9.54. The number of nitrogens with zero attached hydrogens (tertiary/aromatic N) is 1. The molecule has 0 radical (unpaired) electrons. The zero-order valence-corrected chi connectivity index (χ0v) is 21.3. The zero-order chi connectivity index (χ0) is 23.1. The van der Waals surface area contributed by atoms with Crippen LogP contribution in [0.15, 0.2) is 18.2 Å². The Hall–Kier alpha value is -1.72. The van der Waals surface area contributed by atoms with E-state index in [4.69, 9.17) is 5.73 Å². The normalized spacial score (nSPS) is 16.0. The molecule has 2 aromatic rings. The molecule has 3 rings (SSSR count). The quantitative estimate of drug-likeness (QED) is 0.477. The minimum absolute atomic E-state index is 0.130. The van der Waals surface area contributed by atoms with Gasteiger partial charge in [0.15, 0.2) is 0 Å². The monoisotopic (exact) mass is 558 g/mol. The van der Waals surface area contributed by atoms with E-state index < -0.39 is 11.4 Å². The summed E-state index contributed by atoms with van der Waals surface area (Å²) in [6, 6.07) is 4.83. The van der Waals surface area contributed by atoms with Crippen molar-refractivity contribution >= 4 is 56.4 Å². The van der Waals surface area contributed by atoms with Crippen molar-refractivity contribution in [2.75, 3.05) is 25.5 Å². The number of nitrogens with two attached hydrogens (primary N) is 1. The highest BCUT2D eigenvalue weighted by molar-refractivity contribution is 14.1. The molecule has 1 aromatic carbocycles. The first-order valence-electron chi connectivity index (χ1n) is 9.98. The Kier molecular flexibility index (Phi) is 6.69. The van der Waals surface area contributed by atoms with Gasteiger partial charge in [-0.15, -0.1) is 11.3 Å². The van der Waals surface area contributed by atoms with Crippen LogP contribution < -0.4 is 16.4 Å². The van der Waals surface area contributed by atoms with Crippen molar-refractivity contribution in [2.24, 2.45) is 11.1 Å². The van der Waals surface area contributed by atoms with Crippen LogP contribution in [0.25, 0.3) is 0 Å². The third kappa shape index (κ3) is 5.56. The van der Waals surface area contributed by atoms with Crippen LogP contribution >= 0.6 is 33.9 Å². The van der Waals surface area contributed by atoms with Crippen LogP contribution in [0.3, 0.4) is 0 Å². The number of amides is 2. The molecular weight excluding hydrogens is 530 g/mol. The van der Waals surface area contributed by atoms with Crippen molar-refractivity contribution < 1.29 is 14.0 Å². The number of rotatable bonds is 5. The molecule has 6 nitrogen and oxygen atoms in total. The van der Waals surface area contributed by atoms with E-state index in [2.05, 4.69) is 24.5 Å². The van der Waals surface area contributed by atoms with Crippen molar-refractivity contribution in [3.63, 3.8) is 0 Å². The number of fused-ring (bicyclic) bond motifs is 1. The van der Waals surface area contributed by atoms with Crippen LogP contribution in [0.5, 0.6) is 0 Å². The van der Waals surface area contributed by atoms with Gasteiger partial charge in [0.2, 0.25) is 0 Å². The second-order valence-corrected chi connectivity index (χ2v) is 11.8. The van der Waals surface area contributed by atoms with E-state index >= 15 is 0 Å². The third-order valence-corrected chi connectivity index (χ3v) is 6.79. The van der Waals surface area contributed by atoms with Crippen molar-refractivity contribution in [1.29, 1.82) is 0 Å². The van der Waals surface area contributed by atoms with E-state index in [-0.39, 0.29) is 29.5 Å². The highest BCUT2D eigenvalue weighted by Crippen LogP contribution is 2.42. The van der Waals surface area contributed by atoms with Gasteiger partial charge in [-0.25, -0.2) is 4.39 Å². The predicted octanol–water partition coefficient (Wildman–Crippen LogP) is 4.36. The number of nitrogens with one attached hydrogen (secondary N) is 2. The predicted molar refractivity (Wildman–Crippen MR) is 132 cm³/mol. The summed E-state index contributed by atoms with van der Waals surface area (Å²) in [7, 11) is 1.77. The highest BCUT2D eigenvalue weighted by Gasteiger charge is 2.37. The lowest BCUT2D eigenvalue weighted by Crippen LogP contribution is -2.45. The molecule has 4 N–H and O–H groups in total. The Morgan fingerprint density at radius 1 is 1.39 bits per heavy atom. The molecule has 1 aliphatic heterocycles. The van der Waals surface area contributed by atoms with Gasteiger partial charge in [-0.3, -0.25) is 9.59 Å². The zero-order valence-electron chi connectivity index (χ0n) is 18.4. The molecule has 0 unspecified atom stereocenters. The van der Waals surface area contributed by atoms with Gasteiger partial charge in [0.05, 0.1) is 16.1 Å². The number of benzene rings is 1. The minimum Gasteiger partial charge on any atom is -0.350 e. The van der Waals surface area contributed by atoms with E-state index in [0.717, 1.165) is 3.57 Å². The lowest BCUT2D eigenvalue weighted by atomic mass is 9.85. The van der Waals surface area contributed by atoms with Crippen molar-refractivity contribution in [1.82, 2.24) is 10.2 Å². The van der Waals surface area contributed by atoms with Gasteiger partial charge in [-0.05, 0) is 72.0 Å². The molecule has 0 fully saturated rings. The number of thiophene rings is 1. The van der Waals surface area contributed by atoms with Crippen LogP contribution in [0, 0.1) is 14.8 Å². The summed E-state index contributed by atoms with van der Waals surface area (Å²) in [5.74, 6) is -0.874. The fourth-order valence-electron chi connectivity index (χ4n) is 3.67. The maximum atomic E-state index is 14.5. The van der Waals surface area contributed by atoms with Gasteiger partial charge in [0, 0.05) is 29.2 Å². The highest BCUT2D eigenvalue weighted by atomic mass is 127. The number of carbonyl (C=O) groups excluding carboxylic acids is 2. The molecule has 31 heavy (non-hydrogen) atoms. The number of carbonyl (C=O) groups is 2. The van der Waals surface area contributed by atoms with E-state index in [1.165, 1.54) is 17.4 Å². The van der Waals surface area contributed by atoms with Crippen molar-refractivity contribution in [2.45, 2.75) is 39.7 Å². The molecule has 0 atom stereocenters. The average Bonchev–Trinajstić information content (AvgIpc) is 2.93. The second kappa shape index (κ2) is 8.67. The molecular formula is C22H28FIN4O2S. The molecule has 0 saturated heterocycles. The molecule has 168 valence electrons. The molecule has 0 saturated carbocycles. The molecule has 0 bridgehead atoms. The largest absolute Gasteiger partial charge is 0.350 e. The molecule has 9 heteroatoms. The number of halogens is 2. The molecule has 2 amide bonds. The summed E-state index contributed by atoms with van der Waals surface area (Å²) in [6.45, 7) is 8.64. The van der Waals surface area contributed by atoms with E-state index in [1.54, 1.807) is 24.1 Å². The molecule has 0 aliphatic carbocycles. The Bertz CT molecular complexity index is 1030. The fourth-order valence-corrected chi connectivity index (χ4v) is 5.34. The van der Waals surface area contributed by atoms with Gasteiger partial charge in [0.1, 0.15) is 10.8 Å². The molecule has 0 spiro atoms. The van der Waals surface area contributed by atoms with Gasteiger partial charge in [-0.1, -0.05) is 13.8 Å². The number of hydrogen-bond donors (Lipinski definition) is 3. The average molecular weight is 558 g/mol. The summed E-state index contributed by atoms with van der Waals surface area (Å²) in [4.78, 5) is 28.5. The van der Waals surface area contributed by atoms with Crippen LogP contribution in [0.1, 0.15) is 53.3 Å². The van der Waals surface area contributed by atoms with Crippen LogP contribution in [-0.2, 0) is 6.42 Å². The van der Waals surface area contributed by atoms with E-state index in [0.29, 0.717) is 34.0 Å². The maximum absolute atomic E-state index is 14.5. The van der Waals surface area contributed by atoms with Crippen molar-refractivity contribution in [3.8, 4) is 0 Å². The first kappa shape index (κ1) is 23.9. The summed E-state index contributed by atoms with van der Waals surface area (Å²) >= 11 is 3.23.